The van der Waals surface area contributed by atoms with Crippen molar-refractivity contribution in [3.8, 4) is 11.5 Å². The number of carbonyl (C=O) groups is 2. The van der Waals surface area contributed by atoms with Crippen molar-refractivity contribution in [1.29, 1.82) is 0 Å². The van der Waals surface area contributed by atoms with E-state index in [1.807, 2.05) is 0 Å². The number of Topliss-reactive ketones (excluding diaryl/α,β-unsaturated/α-hetero) is 2. The van der Waals surface area contributed by atoms with E-state index in [2.05, 4.69) is 0 Å². The van der Waals surface area contributed by atoms with E-state index < -0.39 is 56.6 Å². The van der Waals surface area contributed by atoms with Crippen molar-refractivity contribution in [3.63, 3.8) is 0 Å². The molecule has 0 amide bonds. The highest BCUT2D eigenvalue weighted by Gasteiger charge is 2.37. The average Bonchev–Trinajstić information content (AvgIpc) is 2.58. The fraction of sp³-hybridized carbons (Fsp3) is 0.200. The number of carbonyl (C=O) groups excluding carboxylic acids is 2. The zero-order valence-corrected chi connectivity index (χ0v) is 15.5. The lowest BCUT2D eigenvalue weighted by atomic mass is 9.79. The number of hydrogen-bond donors (Lipinski definition) is 2. The van der Waals surface area contributed by atoms with Crippen molar-refractivity contribution >= 4 is 22.7 Å². The van der Waals surface area contributed by atoms with Crippen LogP contribution in [0.2, 0.25) is 0 Å². The van der Waals surface area contributed by atoms with Crippen molar-refractivity contribution < 1.29 is 28.6 Å². The molecular formula is C20H16O8. The lowest BCUT2D eigenvalue weighted by molar-refractivity contribution is -0.114. The van der Waals surface area contributed by atoms with Gasteiger partial charge in [-0.05, 0) is 27.7 Å². The Labute approximate surface area is 158 Å². The first-order valence-corrected chi connectivity index (χ1v) is 8.23. The van der Waals surface area contributed by atoms with Gasteiger partial charge in [0, 0.05) is 23.3 Å². The van der Waals surface area contributed by atoms with Gasteiger partial charge >= 0.3 is 11.3 Å². The highest BCUT2D eigenvalue weighted by Crippen LogP contribution is 2.39. The summed E-state index contributed by atoms with van der Waals surface area (Å²) in [6.45, 7) is 5.61. The second-order valence-electron chi connectivity index (χ2n) is 6.47. The monoisotopic (exact) mass is 384 g/mol. The summed E-state index contributed by atoms with van der Waals surface area (Å²) in [4.78, 5) is 50.7. The quantitative estimate of drug-likeness (QED) is 0.751. The molecule has 0 atom stereocenters. The van der Waals surface area contributed by atoms with Crippen LogP contribution >= 0.6 is 0 Å². The van der Waals surface area contributed by atoms with Gasteiger partial charge in [-0.2, -0.15) is 0 Å². The van der Waals surface area contributed by atoms with Gasteiger partial charge < -0.3 is 19.0 Å². The van der Waals surface area contributed by atoms with E-state index in [1.165, 1.54) is 27.7 Å². The van der Waals surface area contributed by atoms with Crippen LogP contribution in [0.5, 0.6) is 11.5 Å². The number of ketones is 2. The fourth-order valence-electron chi connectivity index (χ4n) is 3.07. The minimum Gasteiger partial charge on any atom is -0.507 e. The van der Waals surface area contributed by atoms with Gasteiger partial charge in [0.1, 0.15) is 34.1 Å². The lowest BCUT2D eigenvalue weighted by Crippen LogP contribution is -2.26. The Morgan fingerprint density at radius 2 is 0.964 bits per heavy atom. The topological polar surface area (TPSA) is 135 Å². The van der Waals surface area contributed by atoms with E-state index in [4.69, 9.17) is 8.83 Å². The summed E-state index contributed by atoms with van der Waals surface area (Å²) in [5.41, 5.74) is -4.21. The predicted octanol–water partition coefficient (Wildman–Crippen LogP) is 2.02. The molecule has 2 aromatic rings. The minimum atomic E-state index is -1.06. The second kappa shape index (κ2) is 6.49. The molecule has 0 fully saturated rings. The van der Waals surface area contributed by atoms with E-state index in [-0.39, 0.29) is 22.7 Å². The average molecular weight is 384 g/mol. The molecule has 0 bridgehead atoms. The molecule has 0 spiro atoms. The van der Waals surface area contributed by atoms with E-state index >= 15 is 0 Å². The first kappa shape index (κ1) is 19.1. The van der Waals surface area contributed by atoms with Crippen molar-refractivity contribution in [2.75, 3.05) is 0 Å². The van der Waals surface area contributed by atoms with Gasteiger partial charge in [-0.1, -0.05) is 0 Å². The summed E-state index contributed by atoms with van der Waals surface area (Å²) in [5.74, 6) is -2.51. The molecule has 8 nitrogen and oxygen atoms in total. The van der Waals surface area contributed by atoms with Crippen molar-refractivity contribution in [2.45, 2.75) is 27.7 Å². The predicted molar refractivity (Wildman–Crippen MR) is 98.0 cm³/mol. The number of rotatable bonds is 2. The summed E-state index contributed by atoms with van der Waals surface area (Å²) >= 11 is 0. The molecule has 1 aliphatic carbocycles. The zero-order chi connectivity index (χ0) is 20.9. The standard InChI is InChI=1S/C20H16O8/c1-7-5-11(21)13(19(25)27-7)15-16(18(24)10(4)9(3)17(15)23)14-12(22)6-8(2)28-20(14)26/h5-6,21-22H,1-4H3. The van der Waals surface area contributed by atoms with E-state index in [0.717, 1.165) is 12.1 Å². The first-order chi connectivity index (χ1) is 13.0. The van der Waals surface area contributed by atoms with E-state index in [0.29, 0.717) is 0 Å². The van der Waals surface area contributed by atoms with Crippen LogP contribution in [0.4, 0.5) is 0 Å². The van der Waals surface area contributed by atoms with Gasteiger partial charge in [0.2, 0.25) is 0 Å². The van der Waals surface area contributed by atoms with Crippen molar-refractivity contribution in [1.82, 2.24) is 0 Å². The Bertz CT molecular complexity index is 1140. The molecule has 0 aliphatic heterocycles. The molecule has 0 aromatic carbocycles. The molecular weight excluding hydrogens is 368 g/mol. The van der Waals surface area contributed by atoms with Crippen LogP contribution < -0.4 is 11.3 Å². The Kier molecular flexibility index (Phi) is 4.42. The molecule has 2 aromatic heterocycles. The third kappa shape index (κ3) is 2.79. The minimum absolute atomic E-state index is 0.0408. The summed E-state index contributed by atoms with van der Waals surface area (Å²) < 4.78 is 9.92. The van der Waals surface area contributed by atoms with Crippen LogP contribution in [0.25, 0.3) is 11.1 Å². The lowest BCUT2D eigenvalue weighted by Gasteiger charge is -2.21. The molecule has 0 unspecified atom stereocenters. The number of aromatic hydroxyl groups is 2. The molecule has 2 N–H and O–H groups in total. The summed E-state index contributed by atoms with van der Waals surface area (Å²) in [6.07, 6.45) is 0. The Balaban J connectivity index is 2.54. The van der Waals surface area contributed by atoms with Crippen LogP contribution in [0, 0.1) is 13.8 Å². The van der Waals surface area contributed by atoms with Gasteiger partial charge in [-0.3, -0.25) is 9.59 Å². The normalized spacial score (nSPS) is 14.9. The number of aryl methyl sites for hydroxylation is 2. The van der Waals surface area contributed by atoms with E-state index in [1.54, 1.807) is 0 Å². The van der Waals surface area contributed by atoms with Crippen molar-refractivity contribution in [2.24, 2.45) is 0 Å². The maximum absolute atomic E-state index is 13.0. The van der Waals surface area contributed by atoms with Crippen molar-refractivity contribution in [3.05, 3.63) is 66.8 Å². The van der Waals surface area contributed by atoms with Gasteiger partial charge in [0.25, 0.3) is 0 Å². The molecule has 3 rings (SSSR count). The molecule has 144 valence electrons. The van der Waals surface area contributed by atoms with E-state index in [9.17, 15) is 29.4 Å². The van der Waals surface area contributed by atoms with Crippen LogP contribution in [-0.2, 0) is 9.59 Å². The smallest absolute Gasteiger partial charge is 0.347 e. The van der Waals surface area contributed by atoms with Gasteiger partial charge in [0.15, 0.2) is 11.6 Å². The van der Waals surface area contributed by atoms with Gasteiger partial charge in [-0.15, -0.1) is 0 Å². The summed E-state index contributed by atoms with van der Waals surface area (Å²) in [7, 11) is 0. The van der Waals surface area contributed by atoms with Crippen LogP contribution in [0.15, 0.2) is 41.7 Å². The molecule has 1 aliphatic rings. The maximum Gasteiger partial charge on any atom is 0.347 e. The van der Waals surface area contributed by atoms with Crippen LogP contribution in [0.3, 0.4) is 0 Å². The van der Waals surface area contributed by atoms with Crippen LogP contribution in [-0.4, -0.2) is 21.8 Å². The largest absolute Gasteiger partial charge is 0.507 e. The molecule has 0 saturated carbocycles. The number of hydrogen-bond acceptors (Lipinski definition) is 8. The highest BCUT2D eigenvalue weighted by molar-refractivity contribution is 6.51. The summed E-state index contributed by atoms with van der Waals surface area (Å²) in [6, 6.07) is 2.22. The Morgan fingerprint density at radius 1 is 0.643 bits per heavy atom. The SMILES string of the molecule is CC1=C(C)C(=O)C(c2c(O)cc(C)oc2=O)=C(c2c(O)cc(C)oc2=O)C1=O. The highest BCUT2D eigenvalue weighted by atomic mass is 16.4. The molecule has 8 heteroatoms. The van der Waals surface area contributed by atoms with Gasteiger partial charge in [0.05, 0.1) is 11.1 Å². The molecule has 2 heterocycles. The third-order valence-electron chi connectivity index (χ3n) is 4.56. The zero-order valence-electron chi connectivity index (χ0n) is 15.5. The van der Waals surface area contributed by atoms with Crippen LogP contribution in [0.1, 0.15) is 36.5 Å². The molecule has 0 saturated heterocycles. The third-order valence-corrected chi connectivity index (χ3v) is 4.56. The Morgan fingerprint density at radius 3 is 1.25 bits per heavy atom. The van der Waals surface area contributed by atoms with Gasteiger partial charge in [-0.25, -0.2) is 9.59 Å². The summed E-state index contributed by atoms with van der Waals surface area (Å²) in [5, 5.41) is 20.6. The maximum atomic E-state index is 13.0. The fourth-order valence-corrected chi connectivity index (χ4v) is 3.07. The first-order valence-electron chi connectivity index (χ1n) is 8.23. The second-order valence-corrected chi connectivity index (χ2v) is 6.47. The molecule has 28 heavy (non-hydrogen) atoms. The molecule has 0 radical (unpaired) electrons. The number of allylic oxidation sites excluding steroid dienone is 4. The Hall–Kier alpha value is -3.68.